The molecule has 1 fully saturated rings. The zero-order valence-electron chi connectivity index (χ0n) is 10.6. The summed E-state index contributed by atoms with van der Waals surface area (Å²) < 4.78 is 5.24. The first-order valence-corrected chi connectivity index (χ1v) is 7.14. The largest absolute Gasteiger partial charge is 0.448 e. The van der Waals surface area contributed by atoms with Gasteiger partial charge in [0.1, 0.15) is 0 Å². The Kier molecular flexibility index (Phi) is 3.56. The van der Waals surface area contributed by atoms with E-state index in [-0.39, 0.29) is 5.78 Å². The minimum atomic E-state index is -0.775. The Morgan fingerprint density at radius 2 is 1.45 bits per heavy atom. The Morgan fingerprint density at radius 3 is 2.10 bits per heavy atom. The maximum absolute atomic E-state index is 12.4. The number of ketones is 1. The van der Waals surface area contributed by atoms with Crippen LogP contribution < -0.4 is 0 Å². The third kappa shape index (κ3) is 2.47. The fourth-order valence-corrected chi connectivity index (χ4v) is 3.07. The van der Waals surface area contributed by atoms with Crippen LogP contribution in [-0.4, -0.2) is 17.0 Å². The summed E-state index contributed by atoms with van der Waals surface area (Å²) in [6.45, 7) is 0. The van der Waals surface area contributed by atoms with Crippen LogP contribution in [0.25, 0.3) is 0 Å². The highest BCUT2D eigenvalue weighted by atomic mass is 32.2. The number of benzene rings is 2. The average molecular weight is 284 g/mol. The number of ether oxygens (including phenoxy) is 1. The summed E-state index contributed by atoms with van der Waals surface area (Å²) in [5, 5.41) is -0.775. The van der Waals surface area contributed by atoms with Crippen molar-refractivity contribution in [3.05, 3.63) is 66.2 Å². The molecule has 2 unspecified atom stereocenters. The van der Waals surface area contributed by atoms with Crippen LogP contribution in [0.15, 0.2) is 65.6 Å². The molecule has 100 valence electrons. The van der Waals surface area contributed by atoms with E-state index >= 15 is 0 Å². The van der Waals surface area contributed by atoms with Gasteiger partial charge in [-0.1, -0.05) is 48.5 Å². The zero-order valence-corrected chi connectivity index (χ0v) is 11.4. The van der Waals surface area contributed by atoms with Crippen molar-refractivity contribution < 1.29 is 14.3 Å². The summed E-state index contributed by atoms with van der Waals surface area (Å²) >= 11 is 1.24. The van der Waals surface area contributed by atoms with Crippen molar-refractivity contribution in [3.63, 3.8) is 0 Å². The van der Waals surface area contributed by atoms with E-state index in [0.29, 0.717) is 0 Å². The molecule has 0 saturated carbocycles. The van der Waals surface area contributed by atoms with Crippen molar-refractivity contribution in [2.45, 2.75) is 16.2 Å². The van der Waals surface area contributed by atoms with Crippen molar-refractivity contribution in [1.82, 2.24) is 0 Å². The lowest BCUT2D eigenvalue weighted by molar-refractivity contribution is -0.142. The number of carbonyl (C=O) groups excluding carboxylic acids is 2. The van der Waals surface area contributed by atoms with Crippen LogP contribution in [0.1, 0.15) is 11.7 Å². The highest BCUT2D eigenvalue weighted by Gasteiger charge is 2.44. The summed E-state index contributed by atoms with van der Waals surface area (Å²) in [5.74, 6) is -0.646. The van der Waals surface area contributed by atoms with Gasteiger partial charge < -0.3 is 4.74 Å². The first-order chi connectivity index (χ1) is 9.75. The minimum absolute atomic E-state index is 0.185. The lowest BCUT2D eigenvalue weighted by Gasteiger charge is -2.07. The Labute approximate surface area is 121 Å². The maximum Gasteiger partial charge on any atom is 0.328 e. The molecule has 1 aliphatic rings. The van der Waals surface area contributed by atoms with Crippen LogP contribution in [0.5, 0.6) is 0 Å². The quantitative estimate of drug-likeness (QED) is 0.642. The molecule has 0 bridgehead atoms. The molecule has 0 N–H and O–H groups in total. The third-order valence-corrected chi connectivity index (χ3v) is 4.27. The molecule has 2 aromatic rings. The van der Waals surface area contributed by atoms with Crippen LogP contribution in [0.4, 0.5) is 0 Å². The van der Waals surface area contributed by atoms with Gasteiger partial charge in [0.2, 0.25) is 5.78 Å². The molecule has 2 aromatic carbocycles. The first-order valence-electron chi connectivity index (χ1n) is 6.26. The molecule has 3 rings (SSSR count). The number of Topliss-reactive ketones (excluding diaryl/α,β-unsaturated/α-hetero) is 1. The smallest absolute Gasteiger partial charge is 0.328 e. The van der Waals surface area contributed by atoms with Gasteiger partial charge in [-0.2, -0.15) is 0 Å². The highest BCUT2D eigenvalue weighted by Crippen LogP contribution is 2.35. The van der Waals surface area contributed by atoms with Crippen molar-refractivity contribution >= 4 is 23.5 Å². The van der Waals surface area contributed by atoms with Gasteiger partial charge in [-0.3, -0.25) is 9.59 Å². The van der Waals surface area contributed by atoms with Crippen molar-refractivity contribution in [3.8, 4) is 0 Å². The molecular weight excluding hydrogens is 272 g/mol. The highest BCUT2D eigenvalue weighted by molar-refractivity contribution is 8.01. The minimum Gasteiger partial charge on any atom is -0.448 e. The number of hydrogen-bond donors (Lipinski definition) is 0. The van der Waals surface area contributed by atoms with Crippen LogP contribution in [0.2, 0.25) is 0 Å². The molecule has 3 nitrogen and oxygen atoms in total. The fraction of sp³-hybridized carbons (Fsp3) is 0.125. The van der Waals surface area contributed by atoms with Gasteiger partial charge in [-0.15, -0.1) is 11.8 Å². The van der Waals surface area contributed by atoms with Crippen molar-refractivity contribution in [1.29, 1.82) is 0 Å². The monoisotopic (exact) mass is 284 g/mol. The normalized spacial score (nSPS) is 21.8. The standard InChI is InChI=1S/C16H12O3S/c17-13-14(11-7-3-1-4-8-11)19-16(18)15(13)20-12-9-5-2-6-10-12/h1-10,14-15H. The Morgan fingerprint density at radius 1 is 0.850 bits per heavy atom. The van der Waals surface area contributed by atoms with E-state index in [2.05, 4.69) is 0 Å². The molecule has 2 atom stereocenters. The molecule has 0 aliphatic carbocycles. The average Bonchev–Trinajstić information content (AvgIpc) is 2.77. The van der Waals surface area contributed by atoms with Gasteiger partial charge in [-0.05, 0) is 12.1 Å². The molecule has 0 radical (unpaired) electrons. The summed E-state index contributed by atoms with van der Waals surface area (Å²) in [6, 6.07) is 18.5. The fourth-order valence-electron chi connectivity index (χ4n) is 2.09. The summed E-state index contributed by atoms with van der Waals surface area (Å²) in [5.41, 5.74) is 0.724. The number of thioether (sulfide) groups is 1. The third-order valence-electron chi connectivity index (χ3n) is 3.06. The van der Waals surface area contributed by atoms with E-state index < -0.39 is 17.3 Å². The van der Waals surface area contributed by atoms with E-state index in [4.69, 9.17) is 4.74 Å². The summed E-state index contributed by atoms with van der Waals surface area (Å²) in [4.78, 5) is 25.1. The van der Waals surface area contributed by atoms with Crippen LogP contribution >= 0.6 is 11.8 Å². The zero-order chi connectivity index (χ0) is 13.9. The van der Waals surface area contributed by atoms with Gasteiger partial charge in [0, 0.05) is 10.5 Å². The van der Waals surface area contributed by atoms with Crippen molar-refractivity contribution in [2.24, 2.45) is 0 Å². The molecule has 0 amide bonds. The Bertz CT molecular complexity index is 625. The van der Waals surface area contributed by atoms with Crippen LogP contribution in [0, 0.1) is 0 Å². The molecular formula is C16H12O3S. The van der Waals surface area contributed by atoms with Crippen molar-refractivity contribution in [2.75, 3.05) is 0 Å². The predicted octanol–water partition coefficient (Wildman–Crippen LogP) is 3.01. The van der Waals surface area contributed by atoms with Crippen LogP contribution in [0.3, 0.4) is 0 Å². The summed E-state index contributed by atoms with van der Waals surface area (Å²) in [6.07, 6.45) is -0.773. The first kappa shape index (κ1) is 12.9. The Balaban J connectivity index is 1.81. The molecule has 20 heavy (non-hydrogen) atoms. The predicted molar refractivity (Wildman–Crippen MR) is 76.4 cm³/mol. The summed E-state index contributed by atoms with van der Waals surface area (Å²) in [7, 11) is 0. The van der Waals surface area contributed by atoms with Gasteiger partial charge in [0.25, 0.3) is 0 Å². The maximum atomic E-state index is 12.4. The molecule has 1 aliphatic heterocycles. The Hall–Kier alpha value is -2.07. The molecule has 4 heteroatoms. The number of rotatable bonds is 3. The lowest BCUT2D eigenvalue weighted by Crippen LogP contribution is -2.19. The second-order valence-corrected chi connectivity index (χ2v) is 5.62. The van der Waals surface area contributed by atoms with Gasteiger partial charge >= 0.3 is 5.97 Å². The van der Waals surface area contributed by atoms with Gasteiger partial charge in [0.15, 0.2) is 11.4 Å². The SMILES string of the molecule is O=C1OC(c2ccccc2)C(=O)C1Sc1ccccc1. The second-order valence-electron chi connectivity index (χ2n) is 4.44. The second kappa shape index (κ2) is 5.51. The molecule has 0 aromatic heterocycles. The van der Waals surface area contributed by atoms with Gasteiger partial charge in [-0.25, -0.2) is 0 Å². The van der Waals surface area contributed by atoms with Crippen LogP contribution in [-0.2, 0) is 14.3 Å². The topological polar surface area (TPSA) is 43.4 Å². The molecule has 1 heterocycles. The molecule has 0 spiro atoms. The number of cyclic esters (lactones) is 1. The van der Waals surface area contributed by atoms with E-state index in [9.17, 15) is 9.59 Å². The number of esters is 1. The van der Waals surface area contributed by atoms with E-state index in [1.807, 2.05) is 48.5 Å². The van der Waals surface area contributed by atoms with E-state index in [0.717, 1.165) is 10.5 Å². The number of hydrogen-bond acceptors (Lipinski definition) is 4. The van der Waals surface area contributed by atoms with E-state index in [1.54, 1.807) is 12.1 Å². The van der Waals surface area contributed by atoms with Gasteiger partial charge in [0.05, 0.1) is 0 Å². The number of carbonyl (C=O) groups is 2. The lowest BCUT2D eigenvalue weighted by atomic mass is 10.1. The molecule has 1 saturated heterocycles. The van der Waals surface area contributed by atoms with E-state index in [1.165, 1.54) is 11.8 Å².